The fourth-order valence-corrected chi connectivity index (χ4v) is 4.08. The van der Waals surface area contributed by atoms with Gasteiger partial charge in [-0.05, 0) is 44.9 Å². The molecule has 0 bridgehead atoms. The molecule has 5 nitrogen and oxygen atoms in total. The number of aryl methyl sites for hydroxylation is 1. The molecule has 0 atom stereocenters. The highest BCUT2D eigenvalue weighted by Crippen LogP contribution is 2.41. The molecule has 0 unspecified atom stereocenters. The molecule has 0 saturated carbocycles. The van der Waals surface area contributed by atoms with E-state index in [9.17, 15) is 4.39 Å². The van der Waals surface area contributed by atoms with Crippen LogP contribution in [-0.4, -0.2) is 15.7 Å². The molecule has 0 radical (unpaired) electrons. The van der Waals surface area contributed by atoms with Gasteiger partial charge in [0.05, 0.1) is 15.6 Å². The molecule has 0 spiro atoms. The molecule has 28 heavy (non-hydrogen) atoms. The summed E-state index contributed by atoms with van der Waals surface area (Å²) in [6, 6.07) is 12.8. The largest absolute Gasteiger partial charge is 0.324 e. The van der Waals surface area contributed by atoms with E-state index in [4.69, 9.17) is 11.6 Å². The first kappa shape index (κ1) is 18.8. The Bertz CT molecular complexity index is 1080. The summed E-state index contributed by atoms with van der Waals surface area (Å²) in [6.45, 7) is 6.16. The van der Waals surface area contributed by atoms with Crippen LogP contribution in [0.2, 0.25) is 5.02 Å². The predicted molar refractivity (Wildman–Crippen MR) is 114 cm³/mol. The minimum atomic E-state index is -0.443. The van der Waals surface area contributed by atoms with Gasteiger partial charge in [0.25, 0.3) is 0 Å². The molecule has 1 aliphatic heterocycles. The monoisotopic (exact) mass is 415 g/mol. The topological polar surface area (TPSA) is 54.2 Å². The molecule has 0 aliphatic carbocycles. The zero-order valence-electron chi connectivity index (χ0n) is 15.6. The first-order valence-corrected chi connectivity index (χ1v) is 10.1. The molecule has 8 heteroatoms. The summed E-state index contributed by atoms with van der Waals surface area (Å²) in [5.41, 5.74) is 3.32. The van der Waals surface area contributed by atoms with Gasteiger partial charge in [-0.15, -0.1) is 0 Å². The van der Waals surface area contributed by atoms with Crippen molar-refractivity contribution in [3.8, 4) is 11.1 Å². The van der Waals surface area contributed by atoms with E-state index in [0.717, 1.165) is 21.8 Å². The summed E-state index contributed by atoms with van der Waals surface area (Å²) in [6.07, 6.45) is 0. The highest BCUT2D eigenvalue weighted by atomic mass is 35.5. The minimum Gasteiger partial charge on any atom is -0.324 e. The number of para-hydroxylation sites is 1. The lowest BCUT2D eigenvalue weighted by molar-refractivity contribution is 0.520. The molecule has 1 aromatic heterocycles. The molecule has 2 N–H and O–H groups in total. The maximum Gasteiger partial charge on any atom is 0.213 e. The van der Waals surface area contributed by atoms with Gasteiger partial charge in [0.1, 0.15) is 5.82 Å². The van der Waals surface area contributed by atoms with Crippen molar-refractivity contribution >= 4 is 41.0 Å². The number of benzene rings is 2. The lowest BCUT2D eigenvalue weighted by Crippen LogP contribution is -2.29. The number of halogens is 2. The van der Waals surface area contributed by atoms with E-state index in [0.29, 0.717) is 17.3 Å². The maximum atomic E-state index is 14.0. The SMILES string of the molecule is Cc1cc(N=C2NSc3cccc(-c4cccc(F)c4Cl)c3N2)nn1C(C)C. The summed E-state index contributed by atoms with van der Waals surface area (Å²) < 4.78 is 19.1. The number of hydrogen-bond acceptors (Lipinski definition) is 3. The Morgan fingerprint density at radius 2 is 1.93 bits per heavy atom. The van der Waals surface area contributed by atoms with Gasteiger partial charge in [0.2, 0.25) is 5.96 Å². The summed E-state index contributed by atoms with van der Waals surface area (Å²) in [4.78, 5) is 5.56. The van der Waals surface area contributed by atoms with E-state index < -0.39 is 5.82 Å². The van der Waals surface area contributed by atoms with Crippen molar-refractivity contribution in [2.45, 2.75) is 31.7 Å². The molecule has 144 valence electrons. The van der Waals surface area contributed by atoms with Crippen molar-refractivity contribution in [1.29, 1.82) is 0 Å². The third-order valence-corrected chi connectivity index (χ3v) is 5.63. The summed E-state index contributed by atoms with van der Waals surface area (Å²) in [5.74, 6) is 0.736. The molecule has 2 aromatic carbocycles. The molecule has 0 saturated heterocycles. The molecule has 0 fully saturated rings. The molecule has 2 heterocycles. The third-order valence-electron chi connectivity index (χ3n) is 4.39. The van der Waals surface area contributed by atoms with Crippen molar-refractivity contribution in [3.05, 3.63) is 59.0 Å². The standard InChI is InChI=1S/C20H19ClFN5S/c1-11(2)27-12(3)10-17(25-27)23-20-24-19-14(7-5-9-16(19)28-26-20)13-6-4-8-15(22)18(13)21/h4-11H,1-3H3,(H2,23,24,25,26). The highest BCUT2D eigenvalue weighted by Gasteiger charge is 2.20. The number of aromatic nitrogens is 2. The number of hydrogen-bond donors (Lipinski definition) is 2. The first-order chi connectivity index (χ1) is 13.4. The van der Waals surface area contributed by atoms with Crippen molar-refractivity contribution in [1.82, 2.24) is 14.5 Å². The number of anilines is 1. The second-order valence-electron chi connectivity index (χ2n) is 6.75. The fraction of sp³-hybridized carbons (Fsp3) is 0.200. The van der Waals surface area contributed by atoms with E-state index >= 15 is 0 Å². The number of fused-ring (bicyclic) bond motifs is 1. The van der Waals surface area contributed by atoms with E-state index in [-0.39, 0.29) is 11.1 Å². The van der Waals surface area contributed by atoms with Gasteiger partial charge in [0.15, 0.2) is 5.82 Å². The Kier molecular flexibility index (Phi) is 5.03. The van der Waals surface area contributed by atoms with Crippen molar-refractivity contribution < 1.29 is 4.39 Å². The predicted octanol–water partition coefficient (Wildman–Crippen LogP) is 5.94. The van der Waals surface area contributed by atoms with E-state index in [2.05, 4.69) is 34.0 Å². The number of nitrogens with zero attached hydrogens (tertiary/aromatic N) is 3. The Labute approximate surface area is 172 Å². The minimum absolute atomic E-state index is 0.103. The van der Waals surface area contributed by atoms with E-state index in [1.54, 1.807) is 12.1 Å². The van der Waals surface area contributed by atoms with Gasteiger partial charge in [-0.3, -0.25) is 9.40 Å². The van der Waals surface area contributed by atoms with Gasteiger partial charge < -0.3 is 5.32 Å². The molecule has 1 aliphatic rings. The fourth-order valence-electron chi connectivity index (χ4n) is 3.14. The van der Waals surface area contributed by atoms with Crippen LogP contribution in [-0.2, 0) is 0 Å². The van der Waals surface area contributed by atoms with Gasteiger partial charge in [-0.1, -0.05) is 35.9 Å². The lowest BCUT2D eigenvalue weighted by Gasteiger charge is -2.23. The first-order valence-electron chi connectivity index (χ1n) is 8.86. The number of aliphatic imine (C=N–C) groups is 1. The highest BCUT2D eigenvalue weighted by molar-refractivity contribution is 7.98. The maximum absolute atomic E-state index is 14.0. The Hall–Kier alpha value is -2.51. The third kappa shape index (κ3) is 3.47. The number of guanidine groups is 1. The molecule has 4 rings (SSSR count). The average molecular weight is 416 g/mol. The summed E-state index contributed by atoms with van der Waals surface area (Å²) in [7, 11) is 0. The molecule has 3 aromatic rings. The van der Waals surface area contributed by atoms with Crippen LogP contribution in [0.1, 0.15) is 25.6 Å². The van der Waals surface area contributed by atoms with Gasteiger partial charge in [0, 0.05) is 28.9 Å². The molecule has 0 amide bonds. The van der Waals surface area contributed by atoms with Crippen molar-refractivity contribution in [2.24, 2.45) is 4.99 Å². The van der Waals surface area contributed by atoms with E-state index in [1.165, 1.54) is 18.0 Å². The van der Waals surface area contributed by atoms with Gasteiger partial charge >= 0.3 is 0 Å². The van der Waals surface area contributed by atoms with Crippen LogP contribution < -0.4 is 10.0 Å². The average Bonchev–Trinajstić information content (AvgIpc) is 3.04. The molecular weight excluding hydrogens is 397 g/mol. The van der Waals surface area contributed by atoms with Crippen molar-refractivity contribution in [2.75, 3.05) is 5.32 Å². The Morgan fingerprint density at radius 1 is 1.18 bits per heavy atom. The Morgan fingerprint density at radius 3 is 2.68 bits per heavy atom. The van der Waals surface area contributed by atoms with Crippen LogP contribution in [0.25, 0.3) is 11.1 Å². The van der Waals surface area contributed by atoms with E-state index in [1.807, 2.05) is 35.9 Å². The van der Waals surface area contributed by atoms with Crippen LogP contribution in [0.3, 0.4) is 0 Å². The Balaban J connectivity index is 1.72. The van der Waals surface area contributed by atoms with Crippen LogP contribution in [0.5, 0.6) is 0 Å². The summed E-state index contributed by atoms with van der Waals surface area (Å²) >= 11 is 7.66. The van der Waals surface area contributed by atoms with Crippen LogP contribution in [0.15, 0.2) is 52.4 Å². The zero-order chi connectivity index (χ0) is 19.8. The quantitative estimate of drug-likeness (QED) is 0.519. The second kappa shape index (κ2) is 7.48. The van der Waals surface area contributed by atoms with Crippen LogP contribution in [0.4, 0.5) is 15.9 Å². The summed E-state index contributed by atoms with van der Waals surface area (Å²) in [5, 5.41) is 7.94. The van der Waals surface area contributed by atoms with Crippen LogP contribution >= 0.6 is 23.5 Å². The zero-order valence-corrected chi connectivity index (χ0v) is 17.2. The van der Waals surface area contributed by atoms with Gasteiger partial charge in [-0.2, -0.15) is 10.1 Å². The number of rotatable bonds is 3. The molecular formula is C20H19ClFN5S. The number of nitrogens with one attached hydrogen (secondary N) is 2. The lowest BCUT2D eigenvalue weighted by atomic mass is 10.0. The second-order valence-corrected chi connectivity index (χ2v) is 7.98. The van der Waals surface area contributed by atoms with Gasteiger partial charge in [-0.25, -0.2) is 4.39 Å². The van der Waals surface area contributed by atoms with Crippen LogP contribution in [0, 0.1) is 12.7 Å². The smallest absolute Gasteiger partial charge is 0.213 e. The van der Waals surface area contributed by atoms with Crippen molar-refractivity contribution in [3.63, 3.8) is 0 Å². The normalized spacial score (nSPS) is 14.7.